The standard InChI is InChI=1S/C24H32N6/c1-19-8-9-23(26-17-19)30-14-10-21(11-15-30)28-24(25-2)27-18-20-6-5-7-22(16-20)29-12-3-4-13-29/h3-9,16-17,21H,10-15,18H2,1-2H3,(H2,25,27,28). The van der Waals surface area contributed by atoms with Crippen molar-refractivity contribution in [1.82, 2.24) is 15.6 Å². The number of piperidine rings is 1. The van der Waals surface area contributed by atoms with Crippen LogP contribution in [-0.2, 0) is 6.54 Å². The molecule has 1 saturated heterocycles. The van der Waals surface area contributed by atoms with E-state index in [4.69, 9.17) is 0 Å². The number of hydrogen-bond acceptors (Lipinski definition) is 4. The summed E-state index contributed by atoms with van der Waals surface area (Å²) in [6.45, 7) is 6.85. The SMILES string of the molecule is CN=C(NCc1cccc(N2CC=CC2)c1)NC1CCN(c2ccc(C)cn2)CC1. The second kappa shape index (κ2) is 9.65. The molecule has 2 aromatic rings. The molecule has 0 spiro atoms. The molecule has 0 amide bonds. The van der Waals surface area contributed by atoms with Crippen molar-refractivity contribution in [2.45, 2.75) is 32.4 Å². The van der Waals surface area contributed by atoms with E-state index in [0.29, 0.717) is 6.04 Å². The Bertz CT molecular complexity index is 873. The molecule has 2 aliphatic heterocycles. The fourth-order valence-electron chi connectivity index (χ4n) is 4.03. The van der Waals surface area contributed by atoms with Gasteiger partial charge < -0.3 is 20.4 Å². The molecule has 0 atom stereocenters. The first-order valence-corrected chi connectivity index (χ1v) is 10.8. The first kappa shape index (κ1) is 20.3. The van der Waals surface area contributed by atoms with Crippen LogP contribution in [0.5, 0.6) is 0 Å². The molecule has 6 heteroatoms. The Kier molecular flexibility index (Phi) is 6.52. The van der Waals surface area contributed by atoms with Crippen molar-refractivity contribution in [2.24, 2.45) is 4.99 Å². The van der Waals surface area contributed by atoms with Gasteiger partial charge in [0.15, 0.2) is 5.96 Å². The zero-order valence-corrected chi connectivity index (χ0v) is 18.0. The van der Waals surface area contributed by atoms with Gasteiger partial charge in [0.05, 0.1) is 0 Å². The number of nitrogens with one attached hydrogen (secondary N) is 2. The number of aliphatic imine (C=N–C) groups is 1. The number of aryl methyl sites for hydroxylation is 1. The van der Waals surface area contributed by atoms with E-state index in [2.05, 4.69) is 85.9 Å². The van der Waals surface area contributed by atoms with Crippen molar-refractivity contribution in [3.8, 4) is 0 Å². The van der Waals surface area contributed by atoms with Crippen molar-refractivity contribution in [3.05, 3.63) is 65.9 Å². The van der Waals surface area contributed by atoms with Crippen LogP contribution in [0.25, 0.3) is 0 Å². The molecule has 158 valence electrons. The molecule has 0 unspecified atom stereocenters. The summed E-state index contributed by atoms with van der Waals surface area (Å²) in [5, 5.41) is 7.08. The number of rotatable bonds is 5. The molecule has 1 aromatic heterocycles. The molecule has 3 heterocycles. The third kappa shape index (κ3) is 5.12. The average molecular weight is 405 g/mol. The Labute approximate surface area is 179 Å². The van der Waals surface area contributed by atoms with Crippen molar-refractivity contribution in [1.29, 1.82) is 0 Å². The van der Waals surface area contributed by atoms with Crippen LogP contribution in [0.4, 0.5) is 11.5 Å². The van der Waals surface area contributed by atoms with E-state index < -0.39 is 0 Å². The number of nitrogens with zero attached hydrogens (tertiary/aromatic N) is 4. The summed E-state index contributed by atoms with van der Waals surface area (Å²) < 4.78 is 0. The van der Waals surface area contributed by atoms with Crippen LogP contribution in [0.15, 0.2) is 59.7 Å². The molecule has 1 aromatic carbocycles. The first-order valence-electron chi connectivity index (χ1n) is 10.8. The topological polar surface area (TPSA) is 55.8 Å². The average Bonchev–Trinajstić information content (AvgIpc) is 3.33. The van der Waals surface area contributed by atoms with Gasteiger partial charge in [-0.25, -0.2) is 4.98 Å². The third-order valence-electron chi connectivity index (χ3n) is 5.83. The predicted octanol–water partition coefficient (Wildman–Crippen LogP) is 3.10. The van der Waals surface area contributed by atoms with Gasteiger partial charge in [-0.15, -0.1) is 0 Å². The van der Waals surface area contributed by atoms with E-state index in [1.165, 1.54) is 16.8 Å². The fourth-order valence-corrected chi connectivity index (χ4v) is 4.03. The van der Waals surface area contributed by atoms with Gasteiger partial charge in [-0.1, -0.05) is 30.4 Å². The van der Waals surface area contributed by atoms with E-state index in [-0.39, 0.29) is 0 Å². The van der Waals surface area contributed by atoms with Crippen LogP contribution >= 0.6 is 0 Å². The molecule has 0 saturated carbocycles. The summed E-state index contributed by atoms with van der Waals surface area (Å²) in [5.74, 6) is 1.95. The smallest absolute Gasteiger partial charge is 0.191 e. The normalized spacial score (nSPS) is 17.5. The lowest BCUT2D eigenvalue weighted by atomic mass is 10.1. The largest absolute Gasteiger partial charge is 0.364 e. The summed E-state index contributed by atoms with van der Waals surface area (Å²) in [6, 6.07) is 13.4. The minimum Gasteiger partial charge on any atom is -0.364 e. The molecule has 1 fully saturated rings. The van der Waals surface area contributed by atoms with Gasteiger partial charge in [-0.2, -0.15) is 0 Å². The Hall–Kier alpha value is -3.02. The van der Waals surface area contributed by atoms with Gasteiger partial charge in [-0.3, -0.25) is 4.99 Å². The van der Waals surface area contributed by atoms with Crippen molar-refractivity contribution >= 4 is 17.5 Å². The summed E-state index contributed by atoms with van der Waals surface area (Å²) in [4.78, 5) is 13.7. The highest BCUT2D eigenvalue weighted by Crippen LogP contribution is 2.19. The maximum Gasteiger partial charge on any atom is 0.191 e. The van der Waals surface area contributed by atoms with Crippen LogP contribution in [0.3, 0.4) is 0 Å². The Balaban J connectivity index is 1.25. The Morgan fingerprint density at radius 1 is 1.10 bits per heavy atom. The summed E-state index contributed by atoms with van der Waals surface area (Å²) in [6.07, 6.45) is 8.54. The maximum atomic E-state index is 4.56. The second-order valence-electron chi connectivity index (χ2n) is 8.07. The van der Waals surface area contributed by atoms with Crippen LogP contribution < -0.4 is 20.4 Å². The van der Waals surface area contributed by atoms with Crippen molar-refractivity contribution in [2.75, 3.05) is 43.0 Å². The van der Waals surface area contributed by atoms with E-state index in [9.17, 15) is 0 Å². The van der Waals surface area contributed by atoms with Crippen LogP contribution in [-0.4, -0.2) is 50.2 Å². The third-order valence-corrected chi connectivity index (χ3v) is 5.83. The number of anilines is 2. The Morgan fingerprint density at radius 3 is 2.60 bits per heavy atom. The maximum absolute atomic E-state index is 4.56. The summed E-state index contributed by atoms with van der Waals surface area (Å²) in [7, 11) is 1.84. The molecule has 4 rings (SSSR count). The minimum absolute atomic E-state index is 0.430. The van der Waals surface area contributed by atoms with Gasteiger partial charge in [0, 0.05) is 57.7 Å². The number of hydrogen-bond donors (Lipinski definition) is 2. The lowest BCUT2D eigenvalue weighted by Gasteiger charge is -2.33. The lowest BCUT2D eigenvalue weighted by Crippen LogP contribution is -2.48. The molecular formula is C24H32N6. The number of guanidine groups is 1. The zero-order chi connectivity index (χ0) is 20.8. The molecule has 0 radical (unpaired) electrons. The highest BCUT2D eigenvalue weighted by Gasteiger charge is 2.20. The molecule has 2 N–H and O–H groups in total. The number of aromatic nitrogens is 1. The predicted molar refractivity (Wildman–Crippen MR) is 125 cm³/mol. The summed E-state index contributed by atoms with van der Waals surface area (Å²) in [5.41, 5.74) is 3.75. The molecule has 2 aliphatic rings. The van der Waals surface area contributed by atoms with Gasteiger partial charge in [-0.05, 0) is 49.1 Å². The van der Waals surface area contributed by atoms with Crippen LogP contribution in [0, 0.1) is 6.92 Å². The molecular weight excluding hydrogens is 372 g/mol. The molecule has 30 heavy (non-hydrogen) atoms. The van der Waals surface area contributed by atoms with Gasteiger partial charge in [0.2, 0.25) is 0 Å². The number of benzene rings is 1. The van der Waals surface area contributed by atoms with Crippen molar-refractivity contribution < 1.29 is 0 Å². The first-order chi connectivity index (χ1) is 14.7. The fraction of sp³-hybridized carbons (Fsp3) is 0.417. The van der Waals surface area contributed by atoms with E-state index in [1.54, 1.807) is 0 Å². The molecule has 6 nitrogen and oxygen atoms in total. The highest BCUT2D eigenvalue weighted by atomic mass is 15.2. The monoisotopic (exact) mass is 404 g/mol. The van der Waals surface area contributed by atoms with Crippen LogP contribution in [0.1, 0.15) is 24.0 Å². The highest BCUT2D eigenvalue weighted by molar-refractivity contribution is 5.80. The Morgan fingerprint density at radius 2 is 1.90 bits per heavy atom. The van der Waals surface area contributed by atoms with E-state index in [1.807, 2.05) is 13.2 Å². The molecule has 0 bridgehead atoms. The van der Waals surface area contributed by atoms with E-state index >= 15 is 0 Å². The van der Waals surface area contributed by atoms with Crippen molar-refractivity contribution in [3.63, 3.8) is 0 Å². The number of pyridine rings is 1. The molecule has 0 aliphatic carbocycles. The van der Waals surface area contributed by atoms with Gasteiger partial charge >= 0.3 is 0 Å². The zero-order valence-electron chi connectivity index (χ0n) is 18.0. The minimum atomic E-state index is 0.430. The van der Waals surface area contributed by atoms with Gasteiger partial charge in [0.1, 0.15) is 5.82 Å². The van der Waals surface area contributed by atoms with E-state index in [0.717, 1.165) is 57.3 Å². The van der Waals surface area contributed by atoms with Gasteiger partial charge in [0.25, 0.3) is 0 Å². The second-order valence-corrected chi connectivity index (χ2v) is 8.07. The summed E-state index contributed by atoms with van der Waals surface area (Å²) >= 11 is 0. The quantitative estimate of drug-likeness (QED) is 0.456. The van der Waals surface area contributed by atoms with Crippen LogP contribution in [0.2, 0.25) is 0 Å². The lowest BCUT2D eigenvalue weighted by molar-refractivity contribution is 0.459.